The van der Waals surface area contributed by atoms with Gasteiger partial charge in [0, 0.05) is 35.8 Å². The van der Waals surface area contributed by atoms with Crippen LogP contribution in [0.2, 0.25) is 0 Å². The van der Waals surface area contributed by atoms with Crippen LogP contribution in [0.1, 0.15) is 18.1 Å². The monoisotopic (exact) mass is 374 g/mol. The van der Waals surface area contributed by atoms with Gasteiger partial charge in [-0.25, -0.2) is 0 Å². The zero-order valence-electron chi connectivity index (χ0n) is 11.8. The van der Waals surface area contributed by atoms with Gasteiger partial charge in [0.15, 0.2) is 0 Å². The van der Waals surface area contributed by atoms with Gasteiger partial charge >= 0.3 is 0 Å². The van der Waals surface area contributed by atoms with Crippen molar-refractivity contribution >= 4 is 22.6 Å². The highest BCUT2D eigenvalue weighted by molar-refractivity contribution is 14.1. The Morgan fingerprint density at radius 1 is 1.37 bits per heavy atom. The molecule has 0 bridgehead atoms. The van der Waals surface area contributed by atoms with Crippen molar-refractivity contribution in [3.8, 4) is 0 Å². The Balaban J connectivity index is 1.79. The Labute approximate surface area is 129 Å². The second kappa shape index (κ2) is 7.57. The van der Waals surface area contributed by atoms with Gasteiger partial charge in [0.2, 0.25) is 0 Å². The molecular formula is C15H23IN2O. The van der Waals surface area contributed by atoms with Gasteiger partial charge in [-0.1, -0.05) is 18.2 Å². The molecular weight excluding hydrogens is 351 g/mol. The first-order valence-electron chi connectivity index (χ1n) is 6.94. The van der Waals surface area contributed by atoms with Crippen LogP contribution >= 0.6 is 22.6 Å². The Morgan fingerprint density at radius 3 is 2.84 bits per heavy atom. The molecule has 1 atom stereocenters. The van der Waals surface area contributed by atoms with E-state index < -0.39 is 0 Å². The highest BCUT2D eigenvalue weighted by Gasteiger charge is 2.13. The van der Waals surface area contributed by atoms with Crippen LogP contribution < -0.4 is 5.32 Å². The van der Waals surface area contributed by atoms with Gasteiger partial charge in [-0.15, -0.1) is 0 Å². The van der Waals surface area contributed by atoms with Crippen molar-refractivity contribution in [2.45, 2.75) is 26.4 Å². The minimum atomic E-state index is 0.509. The maximum atomic E-state index is 5.38. The molecule has 1 saturated heterocycles. The SMILES string of the molecule is Cc1cccc(CNC(C)CN2CCOCC2)c1I. The van der Waals surface area contributed by atoms with E-state index in [9.17, 15) is 0 Å². The van der Waals surface area contributed by atoms with Crippen molar-refractivity contribution < 1.29 is 4.74 Å². The summed E-state index contributed by atoms with van der Waals surface area (Å²) in [5.74, 6) is 0. The van der Waals surface area contributed by atoms with Crippen LogP contribution in [0.25, 0.3) is 0 Å². The van der Waals surface area contributed by atoms with Gasteiger partial charge in [0.25, 0.3) is 0 Å². The summed E-state index contributed by atoms with van der Waals surface area (Å²) in [6.07, 6.45) is 0. The van der Waals surface area contributed by atoms with E-state index in [1.807, 2.05) is 0 Å². The zero-order chi connectivity index (χ0) is 13.7. The molecule has 1 aromatic carbocycles. The lowest BCUT2D eigenvalue weighted by Crippen LogP contribution is -2.44. The fourth-order valence-electron chi connectivity index (χ4n) is 2.36. The molecule has 2 rings (SSSR count). The molecule has 0 spiro atoms. The van der Waals surface area contributed by atoms with Gasteiger partial charge in [0.05, 0.1) is 13.2 Å². The average Bonchev–Trinajstić information content (AvgIpc) is 2.42. The van der Waals surface area contributed by atoms with Crippen molar-refractivity contribution in [1.29, 1.82) is 0 Å². The third-order valence-corrected chi connectivity index (χ3v) is 5.09. The first-order chi connectivity index (χ1) is 9.16. The molecule has 106 valence electrons. The summed E-state index contributed by atoms with van der Waals surface area (Å²) >= 11 is 2.44. The van der Waals surface area contributed by atoms with E-state index in [0.29, 0.717) is 6.04 Å². The van der Waals surface area contributed by atoms with Crippen molar-refractivity contribution in [1.82, 2.24) is 10.2 Å². The quantitative estimate of drug-likeness (QED) is 0.802. The lowest BCUT2D eigenvalue weighted by molar-refractivity contribution is 0.0343. The number of hydrogen-bond donors (Lipinski definition) is 1. The van der Waals surface area contributed by atoms with E-state index in [-0.39, 0.29) is 0 Å². The minimum Gasteiger partial charge on any atom is -0.379 e. The van der Waals surface area contributed by atoms with Gasteiger partial charge in [-0.2, -0.15) is 0 Å². The van der Waals surface area contributed by atoms with Gasteiger partial charge in [-0.05, 0) is 47.6 Å². The smallest absolute Gasteiger partial charge is 0.0594 e. The number of benzene rings is 1. The number of hydrogen-bond acceptors (Lipinski definition) is 3. The first kappa shape index (κ1) is 15.2. The standard InChI is InChI=1S/C15H23IN2O/c1-12-4-3-5-14(15(12)16)10-17-13(2)11-18-6-8-19-9-7-18/h3-5,13,17H,6-11H2,1-2H3. The predicted octanol–water partition coefficient (Wildman–Crippen LogP) is 2.41. The van der Waals surface area contributed by atoms with E-state index in [1.165, 1.54) is 14.7 Å². The molecule has 1 N–H and O–H groups in total. The molecule has 1 unspecified atom stereocenters. The van der Waals surface area contributed by atoms with Crippen molar-refractivity contribution in [3.63, 3.8) is 0 Å². The van der Waals surface area contributed by atoms with Crippen LogP contribution in [-0.4, -0.2) is 43.8 Å². The lowest BCUT2D eigenvalue weighted by atomic mass is 10.1. The number of halogens is 1. The minimum absolute atomic E-state index is 0.509. The molecule has 3 nitrogen and oxygen atoms in total. The van der Waals surface area contributed by atoms with Crippen LogP contribution in [0.5, 0.6) is 0 Å². The summed E-state index contributed by atoms with van der Waals surface area (Å²) in [7, 11) is 0. The summed E-state index contributed by atoms with van der Waals surface area (Å²) in [6, 6.07) is 7.03. The number of nitrogens with one attached hydrogen (secondary N) is 1. The van der Waals surface area contributed by atoms with Crippen LogP contribution in [0.4, 0.5) is 0 Å². The molecule has 1 aliphatic rings. The summed E-state index contributed by atoms with van der Waals surface area (Å²) in [5.41, 5.74) is 2.76. The van der Waals surface area contributed by atoms with Crippen molar-refractivity contribution in [2.24, 2.45) is 0 Å². The largest absolute Gasteiger partial charge is 0.379 e. The van der Waals surface area contributed by atoms with Gasteiger partial charge in [-0.3, -0.25) is 4.90 Å². The first-order valence-corrected chi connectivity index (χ1v) is 8.02. The van der Waals surface area contributed by atoms with Crippen molar-refractivity contribution in [3.05, 3.63) is 32.9 Å². The highest BCUT2D eigenvalue weighted by Crippen LogP contribution is 2.16. The normalized spacial score (nSPS) is 18.5. The molecule has 19 heavy (non-hydrogen) atoms. The second-order valence-electron chi connectivity index (χ2n) is 5.24. The fraction of sp³-hybridized carbons (Fsp3) is 0.600. The molecule has 1 aliphatic heterocycles. The molecule has 0 aliphatic carbocycles. The number of nitrogens with zero attached hydrogens (tertiary/aromatic N) is 1. The van der Waals surface area contributed by atoms with Crippen molar-refractivity contribution in [2.75, 3.05) is 32.8 Å². The zero-order valence-corrected chi connectivity index (χ0v) is 13.9. The number of rotatable bonds is 5. The van der Waals surface area contributed by atoms with Crippen LogP contribution in [0.3, 0.4) is 0 Å². The summed E-state index contributed by atoms with van der Waals surface area (Å²) in [6.45, 7) is 10.4. The van der Waals surface area contributed by atoms with E-state index in [1.54, 1.807) is 0 Å². The number of ether oxygens (including phenoxy) is 1. The molecule has 0 saturated carbocycles. The highest BCUT2D eigenvalue weighted by atomic mass is 127. The van der Waals surface area contributed by atoms with E-state index in [0.717, 1.165) is 39.4 Å². The second-order valence-corrected chi connectivity index (χ2v) is 6.32. The summed E-state index contributed by atoms with van der Waals surface area (Å²) in [5, 5.41) is 3.63. The van der Waals surface area contributed by atoms with Gasteiger partial charge < -0.3 is 10.1 Å². The molecule has 0 aromatic heterocycles. The van der Waals surface area contributed by atoms with Crippen LogP contribution in [0.15, 0.2) is 18.2 Å². The third kappa shape index (κ3) is 4.70. The number of aryl methyl sites for hydroxylation is 1. The predicted molar refractivity (Wildman–Crippen MR) is 87.5 cm³/mol. The maximum Gasteiger partial charge on any atom is 0.0594 e. The molecule has 1 aromatic rings. The van der Waals surface area contributed by atoms with E-state index in [4.69, 9.17) is 4.74 Å². The Bertz CT molecular complexity index is 405. The van der Waals surface area contributed by atoms with E-state index in [2.05, 4.69) is 64.9 Å². The topological polar surface area (TPSA) is 24.5 Å². The maximum absolute atomic E-state index is 5.38. The fourth-order valence-corrected chi connectivity index (χ4v) is 2.91. The Kier molecular flexibility index (Phi) is 6.06. The molecule has 0 amide bonds. The molecule has 4 heteroatoms. The summed E-state index contributed by atoms with van der Waals surface area (Å²) in [4.78, 5) is 2.47. The summed E-state index contributed by atoms with van der Waals surface area (Å²) < 4.78 is 6.76. The number of morpholine rings is 1. The lowest BCUT2D eigenvalue weighted by Gasteiger charge is -2.29. The molecule has 1 heterocycles. The Hall–Kier alpha value is -0.170. The third-order valence-electron chi connectivity index (χ3n) is 3.55. The average molecular weight is 374 g/mol. The van der Waals surface area contributed by atoms with Gasteiger partial charge in [0.1, 0.15) is 0 Å². The van der Waals surface area contributed by atoms with Crippen LogP contribution in [0, 0.1) is 10.5 Å². The molecule has 1 fully saturated rings. The Morgan fingerprint density at radius 2 is 2.11 bits per heavy atom. The van der Waals surface area contributed by atoms with Crippen LogP contribution in [-0.2, 0) is 11.3 Å². The van der Waals surface area contributed by atoms with E-state index >= 15 is 0 Å². The molecule has 0 radical (unpaired) electrons.